The van der Waals surface area contributed by atoms with E-state index in [-0.39, 0.29) is 12.3 Å². The molecule has 6 heteroatoms. The maximum absolute atomic E-state index is 11.7. The highest BCUT2D eigenvalue weighted by atomic mass is 32.2. The van der Waals surface area contributed by atoms with Gasteiger partial charge < -0.3 is 10.5 Å². The van der Waals surface area contributed by atoms with Crippen molar-refractivity contribution >= 4 is 15.7 Å². The first-order valence-corrected chi connectivity index (χ1v) is 7.43. The smallest absolute Gasteiger partial charge is 0.234 e. The average Bonchev–Trinajstić information content (AvgIpc) is 2.28. The van der Waals surface area contributed by atoms with E-state index in [1.54, 1.807) is 12.1 Å². The second-order valence-electron chi connectivity index (χ2n) is 4.32. The highest BCUT2D eigenvalue weighted by molar-refractivity contribution is 7.92. The van der Waals surface area contributed by atoms with Crippen LogP contribution < -0.4 is 15.2 Å². The molecule has 3 N–H and O–H groups in total. The van der Waals surface area contributed by atoms with Crippen molar-refractivity contribution in [3.8, 4) is 5.75 Å². The van der Waals surface area contributed by atoms with E-state index in [2.05, 4.69) is 4.72 Å². The molecule has 0 aliphatic carbocycles. The minimum absolute atomic E-state index is 0.0848. The minimum atomic E-state index is -3.41. The zero-order chi connectivity index (χ0) is 13.8. The molecule has 0 heterocycles. The van der Waals surface area contributed by atoms with Gasteiger partial charge in [-0.25, -0.2) is 8.42 Å². The molecule has 1 aromatic rings. The maximum Gasteiger partial charge on any atom is 0.234 e. The molecule has 0 amide bonds. The normalized spacial score (nSPS) is 11.6. The summed E-state index contributed by atoms with van der Waals surface area (Å²) in [7, 11) is -1.91. The Morgan fingerprint density at radius 1 is 1.39 bits per heavy atom. The summed E-state index contributed by atoms with van der Waals surface area (Å²) in [6, 6.07) is 5.47. The van der Waals surface area contributed by atoms with Crippen LogP contribution >= 0.6 is 0 Å². The third-order valence-corrected chi connectivity index (χ3v) is 3.85. The molecule has 18 heavy (non-hydrogen) atoms. The Hall–Kier alpha value is -1.27. The van der Waals surface area contributed by atoms with Crippen molar-refractivity contribution in [2.24, 2.45) is 5.73 Å². The van der Waals surface area contributed by atoms with E-state index in [9.17, 15) is 8.42 Å². The molecule has 0 unspecified atom stereocenters. The molecule has 0 radical (unpaired) electrons. The van der Waals surface area contributed by atoms with Crippen LogP contribution in [0.4, 0.5) is 5.69 Å². The maximum atomic E-state index is 11.7. The van der Waals surface area contributed by atoms with Crippen molar-refractivity contribution in [3.05, 3.63) is 23.8 Å². The number of rotatable bonds is 6. The van der Waals surface area contributed by atoms with E-state index < -0.39 is 10.0 Å². The first-order valence-electron chi connectivity index (χ1n) is 5.78. The van der Waals surface area contributed by atoms with Crippen molar-refractivity contribution in [3.63, 3.8) is 0 Å². The summed E-state index contributed by atoms with van der Waals surface area (Å²) in [4.78, 5) is 0. The number of sulfonamides is 1. The second kappa shape index (κ2) is 6.06. The zero-order valence-corrected chi connectivity index (χ0v) is 11.8. The molecule has 0 aliphatic rings. The Balaban J connectivity index is 3.09. The Bertz CT molecular complexity index is 498. The van der Waals surface area contributed by atoms with E-state index in [1.807, 2.05) is 19.9 Å². The molecule has 1 rings (SSSR count). The average molecular weight is 272 g/mol. The van der Waals surface area contributed by atoms with E-state index >= 15 is 0 Å². The van der Waals surface area contributed by atoms with E-state index in [0.29, 0.717) is 17.4 Å². The van der Waals surface area contributed by atoms with Gasteiger partial charge in [0.05, 0.1) is 18.6 Å². The third-order valence-electron chi connectivity index (χ3n) is 2.54. The van der Waals surface area contributed by atoms with Gasteiger partial charge in [0.1, 0.15) is 5.75 Å². The van der Waals surface area contributed by atoms with E-state index in [4.69, 9.17) is 10.5 Å². The van der Waals surface area contributed by atoms with Gasteiger partial charge in [-0.15, -0.1) is 0 Å². The lowest BCUT2D eigenvalue weighted by Gasteiger charge is -2.14. The summed E-state index contributed by atoms with van der Waals surface area (Å²) >= 11 is 0. The summed E-state index contributed by atoms with van der Waals surface area (Å²) in [5.74, 6) is 0.705. The van der Waals surface area contributed by atoms with E-state index in [1.165, 1.54) is 7.11 Å². The quantitative estimate of drug-likeness (QED) is 0.822. The fourth-order valence-corrected chi connectivity index (χ4v) is 2.45. The van der Waals surface area contributed by atoms with Gasteiger partial charge in [-0.3, -0.25) is 4.72 Å². The molecule has 0 aromatic heterocycles. The highest BCUT2D eigenvalue weighted by Crippen LogP contribution is 2.29. The molecule has 0 bridgehead atoms. The van der Waals surface area contributed by atoms with Crippen LogP contribution in [0.3, 0.4) is 0 Å². The molecule has 102 valence electrons. The minimum Gasteiger partial charge on any atom is -0.495 e. The highest BCUT2D eigenvalue weighted by Gasteiger charge is 2.13. The molecule has 5 nitrogen and oxygen atoms in total. The van der Waals surface area contributed by atoms with Gasteiger partial charge in [0.2, 0.25) is 10.0 Å². The summed E-state index contributed by atoms with van der Waals surface area (Å²) in [5, 5.41) is 0. The van der Waals surface area contributed by atoms with Gasteiger partial charge in [0.25, 0.3) is 0 Å². The monoisotopic (exact) mass is 272 g/mol. The van der Waals surface area contributed by atoms with Gasteiger partial charge >= 0.3 is 0 Å². The first-order chi connectivity index (χ1) is 8.39. The Morgan fingerprint density at radius 3 is 2.56 bits per heavy atom. The van der Waals surface area contributed by atoms with Crippen LogP contribution in [-0.2, 0) is 10.0 Å². The van der Waals surface area contributed by atoms with Crippen molar-refractivity contribution in [2.45, 2.75) is 19.8 Å². The predicted molar refractivity (Wildman–Crippen MR) is 73.5 cm³/mol. The molecule has 0 saturated heterocycles. The Labute approximate surface area is 108 Å². The number of nitrogens with one attached hydrogen (secondary N) is 1. The summed E-state index contributed by atoms with van der Waals surface area (Å²) in [5.41, 5.74) is 6.77. The zero-order valence-electron chi connectivity index (χ0n) is 10.9. The molecule has 0 saturated carbocycles. The van der Waals surface area contributed by atoms with E-state index in [0.717, 1.165) is 5.56 Å². The fourth-order valence-electron chi connectivity index (χ4n) is 1.54. The number of ether oxygens (including phenoxy) is 1. The predicted octanol–water partition coefficient (Wildman–Crippen LogP) is 1.52. The summed E-state index contributed by atoms with van der Waals surface area (Å²) in [6.45, 7) is 4.17. The molecule has 0 spiro atoms. The van der Waals surface area contributed by atoms with Crippen LogP contribution in [0.1, 0.15) is 25.3 Å². The van der Waals surface area contributed by atoms with Crippen LogP contribution in [0.15, 0.2) is 18.2 Å². The molecular formula is C12H20N2O3S. The van der Waals surface area contributed by atoms with Crippen LogP contribution in [0.5, 0.6) is 5.75 Å². The van der Waals surface area contributed by atoms with Crippen molar-refractivity contribution in [1.82, 2.24) is 0 Å². The lowest BCUT2D eigenvalue weighted by atomic mass is 10.0. The SMILES string of the molecule is COc1ccc(C(C)C)cc1NS(=O)(=O)CCN. The third kappa shape index (κ3) is 3.89. The number of methoxy groups -OCH3 is 1. The van der Waals surface area contributed by atoms with Crippen LogP contribution in [0.2, 0.25) is 0 Å². The van der Waals surface area contributed by atoms with Gasteiger partial charge in [0, 0.05) is 6.54 Å². The van der Waals surface area contributed by atoms with Gasteiger partial charge in [-0.05, 0) is 23.6 Å². The Kier molecular flexibility index (Phi) is 4.98. The number of nitrogens with two attached hydrogens (primary N) is 1. The topological polar surface area (TPSA) is 81.4 Å². The van der Waals surface area contributed by atoms with Crippen molar-refractivity contribution in [1.29, 1.82) is 0 Å². The largest absolute Gasteiger partial charge is 0.495 e. The second-order valence-corrected chi connectivity index (χ2v) is 6.17. The fraction of sp³-hybridized carbons (Fsp3) is 0.500. The summed E-state index contributed by atoms with van der Waals surface area (Å²) in [6.07, 6.45) is 0. The van der Waals surface area contributed by atoms with Crippen LogP contribution in [-0.4, -0.2) is 27.8 Å². The van der Waals surface area contributed by atoms with Crippen molar-refractivity contribution < 1.29 is 13.2 Å². The van der Waals surface area contributed by atoms with Gasteiger partial charge in [0.15, 0.2) is 0 Å². The standard InChI is InChI=1S/C12H20N2O3S/c1-9(2)10-4-5-12(17-3)11(8-10)14-18(15,16)7-6-13/h4-5,8-9,14H,6-7,13H2,1-3H3. The molecular weight excluding hydrogens is 252 g/mol. The van der Waals surface area contributed by atoms with Crippen molar-refractivity contribution in [2.75, 3.05) is 24.1 Å². The number of hydrogen-bond donors (Lipinski definition) is 2. The summed E-state index contributed by atoms with van der Waals surface area (Å²) < 4.78 is 31.1. The molecule has 0 atom stereocenters. The number of anilines is 1. The van der Waals surface area contributed by atoms with Gasteiger partial charge in [-0.1, -0.05) is 19.9 Å². The Morgan fingerprint density at radius 2 is 2.06 bits per heavy atom. The molecule has 1 aromatic carbocycles. The van der Waals surface area contributed by atoms with Crippen LogP contribution in [0, 0.1) is 0 Å². The lowest BCUT2D eigenvalue weighted by molar-refractivity contribution is 0.416. The number of benzene rings is 1. The molecule has 0 fully saturated rings. The molecule has 0 aliphatic heterocycles. The van der Waals surface area contributed by atoms with Crippen LogP contribution in [0.25, 0.3) is 0 Å². The number of hydrogen-bond acceptors (Lipinski definition) is 4. The first kappa shape index (κ1) is 14.8. The lowest BCUT2D eigenvalue weighted by Crippen LogP contribution is -2.22. The van der Waals surface area contributed by atoms with Gasteiger partial charge in [-0.2, -0.15) is 0 Å².